The number of ether oxygens (including phenoxy) is 1. The monoisotopic (exact) mass is 341 g/mol. The van der Waals surface area contributed by atoms with Gasteiger partial charge in [0.25, 0.3) is 0 Å². The summed E-state index contributed by atoms with van der Waals surface area (Å²) in [6, 6.07) is 4.43. The van der Waals surface area contributed by atoms with Gasteiger partial charge in [0.2, 0.25) is 10.0 Å². The molecule has 1 aliphatic rings. The summed E-state index contributed by atoms with van der Waals surface area (Å²) >= 11 is 0. The van der Waals surface area contributed by atoms with Crippen molar-refractivity contribution in [2.45, 2.75) is 11.8 Å². The predicted octanol–water partition coefficient (Wildman–Crippen LogP) is -0.0349. The van der Waals surface area contributed by atoms with Gasteiger partial charge in [0.05, 0.1) is 17.6 Å². The van der Waals surface area contributed by atoms with Crippen LogP contribution in [0.2, 0.25) is 0 Å². The molecule has 0 amide bonds. The van der Waals surface area contributed by atoms with Gasteiger partial charge in [-0.25, -0.2) is 17.9 Å². The molecule has 128 valence electrons. The van der Waals surface area contributed by atoms with E-state index < -0.39 is 16.0 Å². The molecule has 23 heavy (non-hydrogen) atoms. The Bertz CT molecular complexity index is 655. The lowest BCUT2D eigenvalue weighted by molar-refractivity contribution is 0.0600. The number of rotatable bonds is 6. The van der Waals surface area contributed by atoms with Crippen molar-refractivity contribution in [3.05, 3.63) is 29.3 Å². The normalized spacial score (nSPS) is 16.3. The quantitative estimate of drug-likeness (QED) is 0.706. The van der Waals surface area contributed by atoms with E-state index in [1.165, 1.54) is 25.3 Å². The Morgan fingerprint density at radius 2 is 2.04 bits per heavy atom. The Morgan fingerprint density at radius 1 is 1.35 bits per heavy atom. The van der Waals surface area contributed by atoms with Gasteiger partial charge in [0.15, 0.2) is 0 Å². The lowest BCUT2D eigenvalue weighted by Gasteiger charge is -2.27. The summed E-state index contributed by atoms with van der Waals surface area (Å²) in [5, 5.41) is 3.26. The fourth-order valence-electron chi connectivity index (χ4n) is 2.55. The van der Waals surface area contributed by atoms with E-state index in [-0.39, 0.29) is 4.90 Å². The number of esters is 1. The highest BCUT2D eigenvalue weighted by atomic mass is 32.2. The molecule has 1 aromatic rings. The molecule has 2 rings (SSSR count). The molecule has 1 aromatic carbocycles. The van der Waals surface area contributed by atoms with Crippen LogP contribution in [-0.2, 0) is 14.8 Å². The van der Waals surface area contributed by atoms with Gasteiger partial charge in [-0.05, 0) is 30.7 Å². The number of piperazine rings is 1. The predicted molar refractivity (Wildman–Crippen MR) is 87.0 cm³/mol. The third-order valence-electron chi connectivity index (χ3n) is 3.82. The molecule has 1 saturated heterocycles. The highest BCUT2D eigenvalue weighted by molar-refractivity contribution is 7.89. The third-order valence-corrected chi connectivity index (χ3v) is 5.44. The Labute approximate surface area is 137 Å². The molecule has 1 fully saturated rings. The van der Waals surface area contributed by atoms with Gasteiger partial charge in [-0.2, -0.15) is 0 Å². The minimum absolute atomic E-state index is 0.186. The van der Waals surface area contributed by atoms with Crippen molar-refractivity contribution in [3.8, 4) is 0 Å². The molecular weight excluding hydrogens is 318 g/mol. The molecule has 1 heterocycles. The maximum atomic E-state index is 12.4. The average molecular weight is 341 g/mol. The summed E-state index contributed by atoms with van der Waals surface area (Å²) < 4.78 is 32.0. The third kappa shape index (κ3) is 4.74. The SMILES string of the molecule is COC(=O)c1ccc(S(=O)(=O)NCCN2CCNCC2)c(C)c1. The maximum absolute atomic E-state index is 12.4. The van der Waals surface area contributed by atoms with Crippen molar-refractivity contribution in [3.63, 3.8) is 0 Å². The molecule has 0 bridgehead atoms. The van der Waals surface area contributed by atoms with Crippen molar-refractivity contribution >= 4 is 16.0 Å². The van der Waals surface area contributed by atoms with Crippen molar-refractivity contribution < 1.29 is 17.9 Å². The molecule has 7 nitrogen and oxygen atoms in total. The first-order valence-corrected chi connectivity index (χ1v) is 9.04. The van der Waals surface area contributed by atoms with E-state index in [1.807, 2.05) is 0 Å². The number of benzene rings is 1. The summed E-state index contributed by atoms with van der Waals surface area (Å²) in [6.45, 7) is 6.42. The van der Waals surface area contributed by atoms with E-state index in [0.717, 1.165) is 26.2 Å². The molecule has 0 atom stereocenters. The molecule has 0 radical (unpaired) electrons. The first-order valence-electron chi connectivity index (χ1n) is 7.56. The van der Waals surface area contributed by atoms with Crippen molar-refractivity contribution in [2.75, 3.05) is 46.4 Å². The smallest absolute Gasteiger partial charge is 0.337 e. The van der Waals surface area contributed by atoms with Gasteiger partial charge in [0, 0.05) is 39.3 Å². The molecule has 0 spiro atoms. The van der Waals surface area contributed by atoms with Crippen LogP contribution in [0.25, 0.3) is 0 Å². The van der Waals surface area contributed by atoms with Gasteiger partial charge in [-0.3, -0.25) is 4.90 Å². The van der Waals surface area contributed by atoms with Crippen LogP contribution < -0.4 is 10.0 Å². The molecule has 0 unspecified atom stereocenters. The van der Waals surface area contributed by atoms with Crippen LogP contribution in [-0.4, -0.2) is 65.7 Å². The Balaban J connectivity index is 1.99. The number of sulfonamides is 1. The highest BCUT2D eigenvalue weighted by Gasteiger charge is 2.19. The van der Waals surface area contributed by atoms with Crippen molar-refractivity contribution in [2.24, 2.45) is 0 Å². The van der Waals surface area contributed by atoms with E-state index >= 15 is 0 Å². The minimum Gasteiger partial charge on any atom is -0.465 e. The van der Waals surface area contributed by atoms with Crippen LogP contribution in [0.4, 0.5) is 0 Å². The van der Waals surface area contributed by atoms with Gasteiger partial charge in [-0.1, -0.05) is 0 Å². The van der Waals surface area contributed by atoms with E-state index in [2.05, 4.69) is 19.7 Å². The second-order valence-electron chi connectivity index (χ2n) is 5.46. The number of methoxy groups -OCH3 is 1. The number of carbonyl (C=O) groups is 1. The fourth-order valence-corrected chi connectivity index (χ4v) is 3.79. The first-order chi connectivity index (χ1) is 10.9. The van der Waals surface area contributed by atoms with Crippen LogP contribution >= 0.6 is 0 Å². The Hall–Kier alpha value is -1.48. The lowest BCUT2D eigenvalue weighted by atomic mass is 10.1. The van der Waals surface area contributed by atoms with Crippen molar-refractivity contribution in [1.82, 2.24) is 14.9 Å². The van der Waals surface area contributed by atoms with E-state index in [9.17, 15) is 13.2 Å². The summed E-state index contributed by atoms with van der Waals surface area (Å²) in [7, 11) is -2.29. The molecule has 0 aromatic heterocycles. The number of carbonyl (C=O) groups excluding carboxylic acids is 1. The van der Waals surface area contributed by atoms with Crippen LogP contribution in [0.5, 0.6) is 0 Å². The number of aryl methyl sites for hydroxylation is 1. The zero-order valence-electron chi connectivity index (χ0n) is 13.5. The molecule has 0 saturated carbocycles. The second kappa shape index (κ2) is 7.87. The largest absolute Gasteiger partial charge is 0.465 e. The van der Waals surface area contributed by atoms with Crippen molar-refractivity contribution in [1.29, 1.82) is 0 Å². The lowest BCUT2D eigenvalue weighted by Crippen LogP contribution is -2.46. The molecule has 0 aliphatic carbocycles. The maximum Gasteiger partial charge on any atom is 0.337 e. The van der Waals surface area contributed by atoms with Crippen LogP contribution in [0.3, 0.4) is 0 Å². The summed E-state index contributed by atoms with van der Waals surface area (Å²) in [4.78, 5) is 13.9. The minimum atomic E-state index is -3.59. The first kappa shape index (κ1) is 17.9. The van der Waals surface area contributed by atoms with E-state index in [4.69, 9.17) is 0 Å². The summed E-state index contributed by atoms with van der Waals surface area (Å²) in [5.41, 5.74) is 0.854. The zero-order valence-corrected chi connectivity index (χ0v) is 14.3. The van der Waals surface area contributed by atoms with Gasteiger partial charge in [-0.15, -0.1) is 0 Å². The topological polar surface area (TPSA) is 87.7 Å². The van der Waals surface area contributed by atoms with E-state index in [0.29, 0.717) is 24.2 Å². The Morgan fingerprint density at radius 3 is 2.65 bits per heavy atom. The molecule has 1 aliphatic heterocycles. The number of hydrogen-bond acceptors (Lipinski definition) is 6. The number of nitrogens with one attached hydrogen (secondary N) is 2. The Kier molecular flexibility index (Phi) is 6.11. The summed E-state index contributed by atoms with van der Waals surface area (Å²) in [6.07, 6.45) is 0. The molecular formula is C15H23N3O4S. The van der Waals surface area contributed by atoms with Crippen LogP contribution in [0.15, 0.2) is 23.1 Å². The van der Waals surface area contributed by atoms with Gasteiger partial charge >= 0.3 is 5.97 Å². The van der Waals surface area contributed by atoms with Gasteiger partial charge in [0.1, 0.15) is 0 Å². The number of nitrogens with zero attached hydrogens (tertiary/aromatic N) is 1. The average Bonchev–Trinajstić information content (AvgIpc) is 2.54. The van der Waals surface area contributed by atoms with Gasteiger partial charge < -0.3 is 10.1 Å². The van der Waals surface area contributed by atoms with Crippen LogP contribution in [0, 0.1) is 6.92 Å². The zero-order chi connectivity index (χ0) is 16.9. The second-order valence-corrected chi connectivity index (χ2v) is 7.20. The molecule has 2 N–H and O–H groups in total. The number of hydrogen-bond donors (Lipinski definition) is 2. The highest BCUT2D eigenvalue weighted by Crippen LogP contribution is 2.17. The summed E-state index contributed by atoms with van der Waals surface area (Å²) in [5.74, 6) is -0.483. The molecule has 8 heteroatoms. The van der Waals surface area contributed by atoms with Crippen LogP contribution in [0.1, 0.15) is 15.9 Å². The van der Waals surface area contributed by atoms with E-state index in [1.54, 1.807) is 6.92 Å². The fraction of sp³-hybridized carbons (Fsp3) is 0.533. The standard InChI is InChI=1S/C15H23N3O4S/c1-12-11-13(15(19)22-2)3-4-14(12)23(20,21)17-7-10-18-8-5-16-6-9-18/h3-4,11,16-17H,5-10H2,1-2H3.